The van der Waals surface area contributed by atoms with E-state index in [1.165, 1.54) is 11.1 Å². The van der Waals surface area contributed by atoms with Crippen molar-refractivity contribution < 1.29 is 14.3 Å². The Labute approximate surface area is 260 Å². The highest BCUT2D eigenvalue weighted by Crippen LogP contribution is 2.33. The molecule has 2 unspecified atom stereocenters. The summed E-state index contributed by atoms with van der Waals surface area (Å²) in [5.74, 6) is 2.63. The average molecular weight is 597 g/mol. The molecule has 2 atom stereocenters. The second-order valence-electron chi connectivity index (χ2n) is 12.5. The maximum absolute atomic E-state index is 13.5. The second-order valence-corrected chi connectivity index (χ2v) is 12.5. The molecule has 1 amide bonds. The van der Waals surface area contributed by atoms with Crippen molar-refractivity contribution in [2.45, 2.75) is 64.2 Å². The van der Waals surface area contributed by atoms with Crippen LogP contribution < -0.4 is 5.32 Å². The summed E-state index contributed by atoms with van der Waals surface area (Å²) in [6.07, 6.45) is 5.63. The molecule has 2 saturated heterocycles. The monoisotopic (exact) mass is 596 g/mol. The Hall–Kier alpha value is -3.82. The van der Waals surface area contributed by atoms with Crippen LogP contribution in [-0.4, -0.2) is 69.8 Å². The molecule has 4 heterocycles. The number of carbonyl (C=O) groups excluding carboxylic acids is 1. The Balaban J connectivity index is 1.29. The molecule has 2 aromatic carbocycles. The van der Waals surface area contributed by atoms with Crippen LogP contribution in [0.3, 0.4) is 0 Å². The van der Waals surface area contributed by atoms with Gasteiger partial charge in [0.15, 0.2) is 17.0 Å². The van der Waals surface area contributed by atoms with E-state index in [-0.39, 0.29) is 30.6 Å². The number of hydrogen-bond donors (Lipinski definition) is 1. The van der Waals surface area contributed by atoms with Crippen LogP contribution in [0.4, 0.5) is 5.82 Å². The first-order chi connectivity index (χ1) is 21.5. The van der Waals surface area contributed by atoms with Crippen LogP contribution in [-0.2, 0) is 20.7 Å². The number of methoxy groups -OCH3 is 1. The first-order valence-electron chi connectivity index (χ1n) is 16.0. The van der Waals surface area contributed by atoms with Crippen LogP contribution in [0.1, 0.15) is 68.6 Å². The molecule has 9 nitrogen and oxygen atoms in total. The van der Waals surface area contributed by atoms with Gasteiger partial charge in [0.1, 0.15) is 12.1 Å². The van der Waals surface area contributed by atoms with E-state index in [4.69, 9.17) is 24.4 Å². The number of hydrogen-bond acceptors (Lipinski definition) is 7. The van der Waals surface area contributed by atoms with Crippen LogP contribution in [0.15, 0.2) is 67.0 Å². The molecule has 6 rings (SSSR count). The van der Waals surface area contributed by atoms with Crippen LogP contribution in [0, 0.1) is 11.8 Å². The molecule has 0 saturated carbocycles. The Bertz CT molecular complexity index is 1480. The number of benzene rings is 2. The molecule has 9 heteroatoms. The largest absolute Gasteiger partial charge is 0.382 e. The summed E-state index contributed by atoms with van der Waals surface area (Å²) in [5.41, 5.74) is 3.79. The van der Waals surface area contributed by atoms with Crippen LogP contribution in [0.5, 0.6) is 0 Å². The van der Waals surface area contributed by atoms with Crippen molar-refractivity contribution in [3.05, 3.63) is 83.9 Å². The molecule has 44 heavy (non-hydrogen) atoms. The van der Waals surface area contributed by atoms with Crippen LogP contribution in [0.25, 0.3) is 11.2 Å². The zero-order chi connectivity index (χ0) is 30.5. The lowest BCUT2D eigenvalue weighted by molar-refractivity contribution is -0.132. The minimum absolute atomic E-state index is 0.0363. The SMILES string of the molecule is COCC1CCC(n2cnc3c(NCC(c4ccccc4)c4ccccc4)nc(CC(=O)N4CCC(C(C)C)CC4)nc32)O1. The molecule has 0 bridgehead atoms. The zero-order valence-corrected chi connectivity index (χ0v) is 26.1. The van der Waals surface area contributed by atoms with Gasteiger partial charge in [-0.05, 0) is 48.6 Å². The van der Waals surface area contributed by atoms with Crippen LogP contribution in [0.2, 0.25) is 0 Å². The summed E-state index contributed by atoms with van der Waals surface area (Å²) in [6.45, 7) is 7.29. The molecule has 0 spiro atoms. The molecule has 2 aromatic heterocycles. The van der Waals surface area contributed by atoms with E-state index in [1.807, 2.05) is 21.6 Å². The molecule has 0 radical (unpaired) electrons. The minimum Gasteiger partial charge on any atom is -0.382 e. The zero-order valence-electron chi connectivity index (χ0n) is 26.1. The van der Waals surface area contributed by atoms with Gasteiger partial charge in [0, 0.05) is 32.7 Å². The van der Waals surface area contributed by atoms with Gasteiger partial charge in [0.05, 0.1) is 25.5 Å². The van der Waals surface area contributed by atoms with Crippen molar-refractivity contribution in [3.63, 3.8) is 0 Å². The standard InChI is InChI=1S/C35H44N6O3/c1-24(2)25-16-18-40(19-17-25)31(42)20-30-38-34(33-35(39-30)41(23-37-33)32-15-14-28(44-32)22-43-3)36-21-29(26-10-6-4-7-11-26)27-12-8-5-9-13-27/h4-13,23-25,28-29,32H,14-22H2,1-3H3,(H,36,38,39). The number of fused-ring (bicyclic) bond motifs is 1. The number of anilines is 1. The number of nitrogens with zero attached hydrogens (tertiary/aromatic N) is 5. The first kappa shape index (κ1) is 30.2. The number of nitrogens with one attached hydrogen (secondary N) is 1. The number of imidazole rings is 1. The van der Waals surface area contributed by atoms with Gasteiger partial charge in [0.2, 0.25) is 5.91 Å². The predicted molar refractivity (Wildman–Crippen MR) is 171 cm³/mol. The topological polar surface area (TPSA) is 94.4 Å². The highest BCUT2D eigenvalue weighted by Gasteiger charge is 2.30. The van der Waals surface area contributed by atoms with Gasteiger partial charge in [-0.2, -0.15) is 0 Å². The summed E-state index contributed by atoms with van der Waals surface area (Å²) in [6, 6.07) is 21.0. The molecule has 2 fully saturated rings. The predicted octanol–water partition coefficient (Wildman–Crippen LogP) is 5.83. The fourth-order valence-electron chi connectivity index (χ4n) is 6.63. The first-order valence-corrected chi connectivity index (χ1v) is 16.0. The maximum atomic E-state index is 13.5. The van der Waals surface area contributed by atoms with Gasteiger partial charge >= 0.3 is 0 Å². The lowest BCUT2D eigenvalue weighted by Gasteiger charge is -2.33. The van der Waals surface area contributed by atoms with Gasteiger partial charge in [-0.3, -0.25) is 9.36 Å². The average Bonchev–Trinajstić information content (AvgIpc) is 3.69. The van der Waals surface area contributed by atoms with Crippen molar-refractivity contribution in [3.8, 4) is 0 Å². The van der Waals surface area contributed by atoms with Gasteiger partial charge in [-0.15, -0.1) is 0 Å². The third-order valence-electron chi connectivity index (χ3n) is 9.24. The van der Waals surface area contributed by atoms with E-state index in [0.717, 1.165) is 38.8 Å². The van der Waals surface area contributed by atoms with Gasteiger partial charge in [-0.25, -0.2) is 15.0 Å². The number of likely N-dealkylation sites (tertiary alicyclic amines) is 1. The normalized spacial score (nSPS) is 19.3. The highest BCUT2D eigenvalue weighted by atomic mass is 16.5. The van der Waals surface area contributed by atoms with Crippen molar-refractivity contribution in [1.82, 2.24) is 24.4 Å². The lowest BCUT2D eigenvalue weighted by Crippen LogP contribution is -2.40. The minimum atomic E-state index is -0.192. The second kappa shape index (κ2) is 13.9. The van der Waals surface area contributed by atoms with E-state index in [9.17, 15) is 4.79 Å². The molecular formula is C35H44N6O3. The van der Waals surface area contributed by atoms with E-state index in [2.05, 4.69) is 67.7 Å². The number of aromatic nitrogens is 4. The molecule has 1 N–H and O–H groups in total. The molecular weight excluding hydrogens is 552 g/mol. The van der Waals surface area contributed by atoms with Crippen molar-refractivity contribution >= 4 is 22.9 Å². The Morgan fingerprint density at radius 1 is 0.977 bits per heavy atom. The number of piperidine rings is 1. The number of rotatable bonds is 11. The Morgan fingerprint density at radius 2 is 1.66 bits per heavy atom. The smallest absolute Gasteiger partial charge is 0.230 e. The van der Waals surface area contributed by atoms with Gasteiger partial charge in [-0.1, -0.05) is 74.5 Å². The fraction of sp³-hybridized carbons (Fsp3) is 0.486. The Kier molecular flexibility index (Phi) is 9.52. The maximum Gasteiger partial charge on any atom is 0.230 e. The molecule has 232 valence electrons. The highest BCUT2D eigenvalue weighted by molar-refractivity contribution is 5.84. The summed E-state index contributed by atoms with van der Waals surface area (Å²) in [4.78, 5) is 30.1. The number of carbonyl (C=O) groups is 1. The van der Waals surface area contributed by atoms with E-state index in [0.29, 0.717) is 47.8 Å². The van der Waals surface area contributed by atoms with Crippen LogP contribution >= 0.6 is 0 Å². The van der Waals surface area contributed by atoms with Gasteiger partial charge in [0.25, 0.3) is 0 Å². The van der Waals surface area contributed by atoms with Gasteiger partial charge < -0.3 is 19.7 Å². The molecule has 4 aromatic rings. The summed E-state index contributed by atoms with van der Waals surface area (Å²) in [7, 11) is 1.70. The van der Waals surface area contributed by atoms with E-state index in [1.54, 1.807) is 13.4 Å². The third-order valence-corrected chi connectivity index (χ3v) is 9.24. The quantitative estimate of drug-likeness (QED) is 0.233. The van der Waals surface area contributed by atoms with Crippen molar-refractivity contribution in [1.29, 1.82) is 0 Å². The number of amides is 1. The van der Waals surface area contributed by atoms with E-state index < -0.39 is 0 Å². The third kappa shape index (κ3) is 6.79. The van der Waals surface area contributed by atoms with Crippen molar-refractivity contribution in [2.24, 2.45) is 11.8 Å². The Morgan fingerprint density at radius 3 is 2.30 bits per heavy atom. The summed E-state index contributed by atoms with van der Waals surface area (Å²) >= 11 is 0. The fourth-order valence-corrected chi connectivity index (χ4v) is 6.63. The summed E-state index contributed by atoms with van der Waals surface area (Å²) in [5, 5.41) is 3.62. The summed E-state index contributed by atoms with van der Waals surface area (Å²) < 4.78 is 13.6. The molecule has 2 aliphatic heterocycles. The number of ether oxygens (including phenoxy) is 2. The lowest BCUT2D eigenvalue weighted by atomic mass is 9.86. The van der Waals surface area contributed by atoms with E-state index >= 15 is 0 Å². The molecule has 0 aliphatic carbocycles. The molecule has 2 aliphatic rings. The van der Waals surface area contributed by atoms with Crippen molar-refractivity contribution in [2.75, 3.05) is 38.7 Å².